The summed E-state index contributed by atoms with van der Waals surface area (Å²) in [6.07, 6.45) is 3.58. The topological polar surface area (TPSA) is 47.3 Å². The van der Waals surface area contributed by atoms with Crippen molar-refractivity contribution in [3.05, 3.63) is 59.9 Å². The zero-order chi connectivity index (χ0) is 20.0. The molecular weight excluding hydrogens is 348 g/mol. The van der Waals surface area contributed by atoms with E-state index in [2.05, 4.69) is 67.8 Å². The van der Waals surface area contributed by atoms with Crippen LogP contribution in [0.1, 0.15) is 51.4 Å². The number of aryl methyl sites for hydroxylation is 2. The fourth-order valence-electron chi connectivity index (χ4n) is 3.42. The number of aliphatic hydroxyl groups excluding tert-OH is 1. The minimum Gasteiger partial charge on any atom is -0.494 e. The number of aromatic nitrogens is 2. The minimum absolute atomic E-state index is 0.167. The molecular formula is C24H32N2O2. The van der Waals surface area contributed by atoms with Gasteiger partial charge in [0.05, 0.1) is 17.6 Å². The molecule has 1 N–H and O–H groups in total. The Morgan fingerprint density at radius 3 is 2.43 bits per heavy atom. The Morgan fingerprint density at radius 1 is 0.964 bits per heavy atom. The first-order valence-electron chi connectivity index (χ1n) is 10.3. The highest BCUT2D eigenvalue weighted by atomic mass is 16.5. The van der Waals surface area contributed by atoms with E-state index >= 15 is 0 Å². The van der Waals surface area contributed by atoms with E-state index in [1.165, 1.54) is 11.1 Å². The highest BCUT2D eigenvalue weighted by molar-refractivity contribution is 5.75. The molecule has 0 fully saturated rings. The molecule has 3 rings (SSSR count). The van der Waals surface area contributed by atoms with Crippen LogP contribution in [0.25, 0.3) is 11.0 Å². The van der Waals surface area contributed by atoms with Crippen LogP contribution >= 0.6 is 0 Å². The first-order chi connectivity index (χ1) is 13.5. The number of aliphatic hydroxyl groups is 1. The van der Waals surface area contributed by atoms with E-state index in [0.717, 1.165) is 49.3 Å². The third-order valence-electron chi connectivity index (χ3n) is 5.06. The Balaban J connectivity index is 1.52. The average molecular weight is 381 g/mol. The monoisotopic (exact) mass is 380 g/mol. The normalized spacial score (nSPS) is 11.9. The van der Waals surface area contributed by atoms with Crippen LogP contribution in [0.15, 0.2) is 48.5 Å². The van der Waals surface area contributed by atoms with E-state index in [0.29, 0.717) is 6.61 Å². The molecule has 0 aliphatic heterocycles. The Kier molecular flexibility index (Phi) is 6.74. The number of fused-ring (bicyclic) bond motifs is 1. The lowest BCUT2D eigenvalue weighted by atomic mass is 9.87. The highest BCUT2D eigenvalue weighted by Gasteiger charge is 2.13. The van der Waals surface area contributed by atoms with Crippen molar-refractivity contribution in [1.82, 2.24) is 9.55 Å². The van der Waals surface area contributed by atoms with E-state index in [4.69, 9.17) is 14.8 Å². The van der Waals surface area contributed by atoms with Crippen LogP contribution in [0.2, 0.25) is 0 Å². The molecule has 2 aromatic carbocycles. The van der Waals surface area contributed by atoms with Gasteiger partial charge in [0.25, 0.3) is 0 Å². The van der Waals surface area contributed by atoms with E-state index in [1.54, 1.807) is 0 Å². The number of nitrogens with zero attached hydrogens (tertiary/aromatic N) is 2. The van der Waals surface area contributed by atoms with Crippen molar-refractivity contribution in [2.24, 2.45) is 0 Å². The molecule has 3 aromatic rings. The van der Waals surface area contributed by atoms with Gasteiger partial charge in [-0.15, -0.1) is 0 Å². The molecule has 1 aromatic heterocycles. The van der Waals surface area contributed by atoms with Crippen molar-refractivity contribution in [2.75, 3.05) is 13.2 Å². The maximum absolute atomic E-state index is 9.16. The molecule has 0 bridgehead atoms. The first kappa shape index (κ1) is 20.4. The molecule has 0 amide bonds. The lowest BCUT2D eigenvalue weighted by Gasteiger charge is -2.19. The molecule has 0 radical (unpaired) electrons. The lowest BCUT2D eigenvalue weighted by molar-refractivity contribution is 0.286. The molecule has 4 nitrogen and oxygen atoms in total. The van der Waals surface area contributed by atoms with Crippen LogP contribution in [-0.4, -0.2) is 27.9 Å². The summed E-state index contributed by atoms with van der Waals surface area (Å²) in [5.74, 6) is 2.00. The maximum Gasteiger partial charge on any atom is 0.119 e. The van der Waals surface area contributed by atoms with Crippen LogP contribution in [0.4, 0.5) is 0 Å². The van der Waals surface area contributed by atoms with Gasteiger partial charge in [0.2, 0.25) is 0 Å². The molecule has 0 unspecified atom stereocenters. The van der Waals surface area contributed by atoms with E-state index in [-0.39, 0.29) is 12.0 Å². The smallest absolute Gasteiger partial charge is 0.119 e. The van der Waals surface area contributed by atoms with E-state index < -0.39 is 0 Å². The quantitative estimate of drug-likeness (QED) is 0.524. The fraction of sp³-hybridized carbons (Fsp3) is 0.458. The minimum atomic E-state index is 0.167. The Labute approximate surface area is 168 Å². The van der Waals surface area contributed by atoms with Gasteiger partial charge < -0.3 is 14.4 Å². The van der Waals surface area contributed by atoms with Gasteiger partial charge in [-0.2, -0.15) is 0 Å². The first-order valence-corrected chi connectivity index (χ1v) is 10.3. The predicted molar refractivity (Wildman–Crippen MR) is 115 cm³/mol. The number of rotatable bonds is 9. The fourth-order valence-corrected chi connectivity index (χ4v) is 3.42. The van der Waals surface area contributed by atoms with Crippen LogP contribution < -0.4 is 4.74 Å². The largest absolute Gasteiger partial charge is 0.494 e. The second kappa shape index (κ2) is 9.24. The number of imidazole rings is 1. The van der Waals surface area contributed by atoms with E-state index in [9.17, 15) is 0 Å². The number of hydrogen-bond acceptors (Lipinski definition) is 3. The highest BCUT2D eigenvalue weighted by Crippen LogP contribution is 2.24. The Hall–Kier alpha value is -2.33. The third-order valence-corrected chi connectivity index (χ3v) is 5.06. The summed E-state index contributed by atoms with van der Waals surface area (Å²) < 4.78 is 8.21. The van der Waals surface area contributed by atoms with E-state index in [1.807, 2.05) is 6.07 Å². The standard InChI is InChI=1S/C24H32N2O2/c1-24(2,3)19-12-14-20(15-13-19)28-18-7-6-16-26-22-10-5-4-9-21(22)25-23(26)11-8-17-27/h4-5,9-10,12-15,27H,6-8,11,16-18H2,1-3H3. The molecule has 150 valence electrons. The SMILES string of the molecule is CC(C)(C)c1ccc(OCCCCn2c(CCCO)nc3ccccc32)cc1. The number of ether oxygens (including phenoxy) is 1. The molecule has 1 heterocycles. The zero-order valence-corrected chi connectivity index (χ0v) is 17.3. The van der Waals surface area contributed by atoms with Gasteiger partial charge in [0.1, 0.15) is 11.6 Å². The zero-order valence-electron chi connectivity index (χ0n) is 17.3. The lowest BCUT2D eigenvalue weighted by Crippen LogP contribution is -2.10. The average Bonchev–Trinajstić information content (AvgIpc) is 3.03. The second-order valence-electron chi connectivity index (χ2n) is 8.33. The van der Waals surface area contributed by atoms with Crippen molar-refractivity contribution in [3.63, 3.8) is 0 Å². The van der Waals surface area contributed by atoms with Crippen molar-refractivity contribution < 1.29 is 9.84 Å². The van der Waals surface area contributed by atoms with Gasteiger partial charge in [-0.25, -0.2) is 4.98 Å². The molecule has 28 heavy (non-hydrogen) atoms. The van der Waals surface area contributed by atoms with Crippen molar-refractivity contribution in [1.29, 1.82) is 0 Å². The molecule has 0 aliphatic carbocycles. The van der Waals surface area contributed by atoms with Gasteiger partial charge in [0.15, 0.2) is 0 Å². The molecule has 4 heteroatoms. The third kappa shape index (κ3) is 5.14. The summed E-state index contributed by atoms with van der Waals surface area (Å²) >= 11 is 0. The summed E-state index contributed by atoms with van der Waals surface area (Å²) in [7, 11) is 0. The summed E-state index contributed by atoms with van der Waals surface area (Å²) in [6, 6.07) is 16.7. The molecule has 0 aliphatic rings. The van der Waals surface area contributed by atoms with Gasteiger partial charge in [-0.05, 0) is 54.5 Å². The van der Waals surface area contributed by atoms with Gasteiger partial charge in [-0.3, -0.25) is 0 Å². The maximum atomic E-state index is 9.16. The summed E-state index contributed by atoms with van der Waals surface area (Å²) in [5.41, 5.74) is 3.70. The molecule has 0 atom stereocenters. The number of unbranched alkanes of at least 4 members (excludes halogenated alkanes) is 1. The summed E-state index contributed by atoms with van der Waals surface area (Å²) in [4.78, 5) is 4.75. The van der Waals surface area contributed by atoms with Gasteiger partial charge in [0, 0.05) is 19.6 Å². The Morgan fingerprint density at radius 2 is 1.71 bits per heavy atom. The van der Waals surface area contributed by atoms with Gasteiger partial charge in [-0.1, -0.05) is 45.0 Å². The summed E-state index contributed by atoms with van der Waals surface area (Å²) in [6.45, 7) is 8.50. The van der Waals surface area contributed by atoms with Gasteiger partial charge >= 0.3 is 0 Å². The number of para-hydroxylation sites is 2. The molecule has 0 saturated heterocycles. The van der Waals surface area contributed by atoms with Crippen LogP contribution in [-0.2, 0) is 18.4 Å². The number of benzene rings is 2. The van der Waals surface area contributed by atoms with Crippen LogP contribution in [0.5, 0.6) is 5.75 Å². The summed E-state index contributed by atoms with van der Waals surface area (Å²) in [5, 5.41) is 9.16. The van der Waals surface area contributed by atoms with Crippen LogP contribution in [0.3, 0.4) is 0 Å². The molecule has 0 saturated carbocycles. The molecule has 0 spiro atoms. The van der Waals surface area contributed by atoms with Crippen molar-refractivity contribution >= 4 is 11.0 Å². The number of hydrogen-bond donors (Lipinski definition) is 1. The van der Waals surface area contributed by atoms with Crippen molar-refractivity contribution in [2.45, 2.75) is 58.4 Å². The Bertz CT molecular complexity index is 876. The van der Waals surface area contributed by atoms with Crippen LogP contribution in [0, 0.1) is 0 Å². The van der Waals surface area contributed by atoms with Crippen molar-refractivity contribution in [3.8, 4) is 5.75 Å². The predicted octanol–water partition coefficient (Wildman–Crippen LogP) is 5.12. The second-order valence-corrected chi connectivity index (χ2v) is 8.33.